The molecule has 6 heteroatoms. The molecular weight excluding hydrogens is 276 g/mol. The maximum atomic E-state index is 12.5. The number of benzene rings is 1. The predicted octanol–water partition coefficient (Wildman–Crippen LogP) is 0.453. The molecule has 1 saturated heterocycles. The molecule has 0 amide bonds. The van der Waals surface area contributed by atoms with Gasteiger partial charge in [-0.15, -0.1) is 0 Å². The van der Waals surface area contributed by atoms with Crippen molar-refractivity contribution in [2.45, 2.75) is 30.4 Å². The van der Waals surface area contributed by atoms with E-state index in [9.17, 15) is 8.42 Å². The smallest absolute Gasteiger partial charge is 0.242 e. The molecule has 1 aromatic rings. The first-order valence-electron chi connectivity index (χ1n) is 6.46. The van der Waals surface area contributed by atoms with Crippen molar-refractivity contribution in [3.63, 3.8) is 0 Å². The minimum atomic E-state index is -3.61. The predicted molar refractivity (Wildman–Crippen MR) is 76.5 cm³/mol. The van der Waals surface area contributed by atoms with Crippen molar-refractivity contribution in [3.05, 3.63) is 29.8 Å². The molecule has 20 heavy (non-hydrogen) atoms. The summed E-state index contributed by atoms with van der Waals surface area (Å²) in [5.74, 6) is 5.47. The van der Waals surface area contributed by atoms with Gasteiger partial charge in [-0.25, -0.2) is 13.1 Å². The molecule has 1 fully saturated rings. The molecule has 108 valence electrons. The van der Waals surface area contributed by atoms with Crippen molar-refractivity contribution in [1.82, 2.24) is 4.72 Å². The normalized spacial score (nSPS) is 22.3. The Morgan fingerprint density at radius 3 is 2.85 bits per heavy atom. The molecular formula is C14H18N2O3S. The summed E-state index contributed by atoms with van der Waals surface area (Å²) in [6.45, 7) is 2.62. The molecule has 1 heterocycles. The van der Waals surface area contributed by atoms with Crippen LogP contribution in [0.3, 0.4) is 0 Å². The van der Waals surface area contributed by atoms with E-state index in [0.29, 0.717) is 18.6 Å². The Bertz CT molecular complexity index is 631. The van der Waals surface area contributed by atoms with Gasteiger partial charge in [0, 0.05) is 12.2 Å². The Kier molecular flexibility index (Phi) is 4.78. The lowest BCUT2D eigenvalue weighted by molar-refractivity contribution is 0.117. The van der Waals surface area contributed by atoms with Crippen molar-refractivity contribution in [1.29, 1.82) is 0 Å². The van der Waals surface area contributed by atoms with Gasteiger partial charge in [0.05, 0.1) is 23.6 Å². The SMILES string of the molecule is CC1OCCC1NS(=O)(=O)c1ccccc1C#CCN. The molecule has 1 aromatic carbocycles. The molecule has 3 N–H and O–H groups in total. The van der Waals surface area contributed by atoms with Crippen molar-refractivity contribution in [2.24, 2.45) is 5.73 Å². The zero-order valence-electron chi connectivity index (χ0n) is 11.3. The van der Waals surface area contributed by atoms with E-state index in [-0.39, 0.29) is 23.6 Å². The first-order valence-corrected chi connectivity index (χ1v) is 7.95. The fourth-order valence-corrected chi connectivity index (χ4v) is 3.60. The van der Waals surface area contributed by atoms with Gasteiger partial charge >= 0.3 is 0 Å². The number of nitrogens with one attached hydrogen (secondary N) is 1. The highest BCUT2D eigenvalue weighted by Crippen LogP contribution is 2.19. The first-order chi connectivity index (χ1) is 9.54. The molecule has 0 aromatic heterocycles. The van der Waals surface area contributed by atoms with Crippen molar-refractivity contribution < 1.29 is 13.2 Å². The topological polar surface area (TPSA) is 81.4 Å². The molecule has 0 saturated carbocycles. The Hall–Kier alpha value is -1.39. The molecule has 0 bridgehead atoms. The number of hydrogen-bond acceptors (Lipinski definition) is 4. The number of sulfonamides is 1. The molecule has 0 spiro atoms. The van der Waals surface area contributed by atoms with E-state index in [4.69, 9.17) is 10.5 Å². The summed E-state index contributed by atoms with van der Waals surface area (Å²) in [4.78, 5) is 0.181. The van der Waals surface area contributed by atoms with Gasteiger partial charge < -0.3 is 10.5 Å². The summed E-state index contributed by atoms with van der Waals surface area (Å²) >= 11 is 0. The minimum Gasteiger partial charge on any atom is -0.377 e. The van der Waals surface area contributed by atoms with Crippen molar-refractivity contribution in [2.75, 3.05) is 13.2 Å². The summed E-state index contributed by atoms with van der Waals surface area (Å²) in [6, 6.07) is 6.45. The lowest BCUT2D eigenvalue weighted by Crippen LogP contribution is -2.39. The highest BCUT2D eigenvalue weighted by Gasteiger charge is 2.29. The monoisotopic (exact) mass is 294 g/mol. The van der Waals surface area contributed by atoms with Crippen LogP contribution in [-0.2, 0) is 14.8 Å². The standard InChI is InChI=1S/C14H18N2O3S/c1-11-13(8-10-19-11)16-20(17,18)14-7-3-2-5-12(14)6-4-9-15/h2-3,5,7,11,13,16H,8-10,15H2,1H3. The second kappa shape index (κ2) is 6.37. The van der Waals surface area contributed by atoms with Crippen LogP contribution in [0, 0.1) is 11.8 Å². The largest absolute Gasteiger partial charge is 0.377 e. The van der Waals surface area contributed by atoms with E-state index in [1.54, 1.807) is 24.3 Å². The number of ether oxygens (including phenoxy) is 1. The lowest BCUT2D eigenvalue weighted by atomic mass is 10.2. The molecule has 1 aliphatic heterocycles. The van der Waals surface area contributed by atoms with E-state index in [0.717, 1.165) is 0 Å². The van der Waals surface area contributed by atoms with Crippen LogP contribution >= 0.6 is 0 Å². The minimum absolute atomic E-state index is 0.118. The summed E-state index contributed by atoms with van der Waals surface area (Å²) in [5, 5.41) is 0. The van der Waals surface area contributed by atoms with Crippen LogP contribution in [0.1, 0.15) is 18.9 Å². The second-order valence-electron chi connectivity index (χ2n) is 4.59. The van der Waals surface area contributed by atoms with Crippen LogP contribution < -0.4 is 10.5 Å². The van der Waals surface area contributed by atoms with Gasteiger partial charge in [0.15, 0.2) is 0 Å². The van der Waals surface area contributed by atoms with Crippen LogP contribution in [0.5, 0.6) is 0 Å². The molecule has 2 rings (SSSR count). The average molecular weight is 294 g/mol. The summed E-state index contributed by atoms with van der Waals surface area (Å²) in [5.41, 5.74) is 5.79. The molecule has 1 aliphatic rings. The van der Waals surface area contributed by atoms with E-state index in [2.05, 4.69) is 16.6 Å². The van der Waals surface area contributed by atoms with E-state index >= 15 is 0 Å². The fourth-order valence-electron chi connectivity index (χ4n) is 2.10. The van der Waals surface area contributed by atoms with Crippen LogP contribution in [0.25, 0.3) is 0 Å². The molecule has 2 unspecified atom stereocenters. The van der Waals surface area contributed by atoms with Crippen molar-refractivity contribution in [3.8, 4) is 11.8 Å². The van der Waals surface area contributed by atoms with Crippen molar-refractivity contribution >= 4 is 10.0 Å². The van der Waals surface area contributed by atoms with Crippen LogP contribution in [0.4, 0.5) is 0 Å². The number of hydrogen-bond donors (Lipinski definition) is 2. The van der Waals surface area contributed by atoms with Gasteiger partial charge in [-0.1, -0.05) is 24.0 Å². The van der Waals surface area contributed by atoms with Gasteiger partial charge in [0.2, 0.25) is 10.0 Å². The zero-order chi connectivity index (χ0) is 14.6. The Labute approximate surface area is 119 Å². The van der Waals surface area contributed by atoms with Gasteiger partial charge in [-0.3, -0.25) is 0 Å². The van der Waals surface area contributed by atoms with Crippen LogP contribution in [-0.4, -0.2) is 33.7 Å². The molecule has 0 radical (unpaired) electrons. The fraction of sp³-hybridized carbons (Fsp3) is 0.429. The number of nitrogens with two attached hydrogens (primary N) is 1. The third kappa shape index (κ3) is 3.38. The average Bonchev–Trinajstić information content (AvgIpc) is 2.81. The summed E-state index contributed by atoms with van der Waals surface area (Å²) in [6.07, 6.45) is 0.559. The molecule has 5 nitrogen and oxygen atoms in total. The highest BCUT2D eigenvalue weighted by atomic mass is 32.2. The first kappa shape index (κ1) is 15.0. The third-order valence-electron chi connectivity index (χ3n) is 3.18. The lowest BCUT2D eigenvalue weighted by Gasteiger charge is -2.16. The molecule has 2 atom stereocenters. The van der Waals surface area contributed by atoms with Crippen LogP contribution in [0.15, 0.2) is 29.2 Å². The second-order valence-corrected chi connectivity index (χ2v) is 6.28. The Morgan fingerprint density at radius 1 is 1.45 bits per heavy atom. The highest BCUT2D eigenvalue weighted by molar-refractivity contribution is 7.89. The quantitative estimate of drug-likeness (QED) is 0.793. The van der Waals surface area contributed by atoms with E-state index < -0.39 is 10.0 Å². The maximum Gasteiger partial charge on any atom is 0.242 e. The van der Waals surface area contributed by atoms with Gasteiger partial charge in [0.1, 0.15) is 0 Å². The molecule has 0 aliphatic carbocycles. The summed E-state index contributed by atoms with van der Waals surface area (Å²) < 4.78 is 33.0. The van der Waals surface area contributed by atoms with Crippen LogP contribution in [0.2, 0.25) is 0 Å². The van der Waals surface area contributed by atoms with Gasteiger partial charge in [-0.2, -0.15) is 0 Å². The Balaban J connectivity index is 2.29. The maximum absolute atomic E-state index is 12.5. The van der Waals surface area contributed by atoms with Gasteiger partial charge in [0.25, 0.3) is 0 Å². The zero-order valence-corrected chi connectivity index (χ0v) is 12.1. The Morgan fingerprint density at radius 2 is 2.20 bits per heavy atom. The third-order valence-corrected chi connectivity index (χ3v) is 4.73. The van der Waals surface area contributed by atoms with Gasteiger partial charge in [-0.05, 0) is 25.5 Å². The number of rotatable bonds is 3. The van der Waals surface area contributed by atoms with E-state index in [1.807, 2.05) is 6.92 Å². The van der Waals surface area contributed by atoms with E-state index in [1.165, 1.54) is 0 Å². The summed E-state index contributed by atoms with van der Waals surface area (Å²) in [7, 11) is -3.61.